The Balaban J connectivity index is 1.95. The third kappa shape index (κ3) is 3.48. The van der Waals surface area contributed by atoms with E-state index in [1.807, 2.05) is 5.38 Å². The maximum absolute atomic E-state index is 13.7. The molecule has 2 aliphatic rings. The predicted molar refractivity (Wildman–Crippen MR) is 107 cm³/mol. The number of benzene rings is 1. The Kier molecular flexibility index (Phi) is 5.27. The maximum Gasteiger partial charge on any atom is 0.338 e. The fourth-order valence-corrected chi connectivity index (χ4v) is 4.40. The lowest BCUT2D eigenvalue weighted by molar-refractivity contribution is -0.139. The molecule has 0 aliphatic carbocycles. The Morgan fingerprint density at radius 3 is 2.90 bits per heavy atom. The molecule has 150 valence electrons. The molecule has 8 heteroatoms. The molecule has 6 nitrogen and oxygen atoms in total. The van der Waals surface area contributed by atoms with Crippen molar-refractivity contribution in [2.75, 3.05) is 6.61 Å². The van der Waals surface area contributed by atoms with E-state index in [2.05, 4.69) is 4.98 Å². The number of nitrogens with zero attached hydrogens (tertiary/aromatic N) is 3. The molecule has 1 aromatic heterocycles. The Morgan fingerprint density at radius 1 is 1.38 bits per heavy atom. The highest BCUT2D eigenvalue weighted by atomic mass is 32.1. The summed E-state index contributed by atoms with van der Waals surface area (Å²) in [4.78, 5) is 36.4. The van der Waals surface area contributed by atoms with Crippen LogP contribution in [0.5, 0.6) is 0 Å². The van der Waals surface area contributed by atoms with Gasteiger partial charge in [-0.1, -0.05) is 6.07 Å². The molecule has 2 aromatic rings. The Bertz CT molecular complexity index is 1030. The molecule has 2 aliphatic heterocycles. The Labute approximate surface area is 171 Å². The maximum atomic E-state index is 13.7. The highest BCUT2D eigenvalue weighted by Crippen LogP contribution is 2.41. The first-order valence-corrected chi connectivity index (χ1v) is 10.4. The second-order valence-corrected chi connectivity index (χ2v) is 7.75. The predicted octanol–water partition coefficient (Wildman–Crippen LogP) is 3.92. The number of amidine groups is 1. The van der Waals surface area contributed by atoms with Gasteiger partial charge in [-0.15, -0.1) is 11.3 Å². The van der Waals surface area contributed by atoms with E-state index in [0.717, 1.165) is 0 Å². The van der Waals surface area contributed by atoms with Crippen molar-refractivity contribution in [3.8, 4) is 0 Å². The molecule has 4 rings (SSSR count). The number of aliphatic imine (C=N–C) groups is 1. The summed E-state index contributed by atoms with van der Waals surface area (Å²) < 4.78 is 19.0. The number of amides is 1. The van der Waals surface area contributed by atoms with Crippen molar-refractivity contribution < 1.29 is 18.7 Å². The molecule has 0 bridgehead atoms. The van der Waals surface area contributed by atoms with Gasteiger partial charge in [-0.2, -0.15) is 0 Å². The molecule has 1 atom stereocenters. The summed E-state index contributed by atoms with van der Waals surface area (Å²) >= 11 is 1.38. The normalized spacial score (nSPS) is 19.1. The zero-order chi connectivity index (χ0) is 20.5. The van der Waals surface area contributed by atoms with Crippen LogP contribution in [-0.4, -0.2) is 34.2 Å². The minimum Gasteiger partial charge on any atom is -0.463 e. The van der Waals surface area contributed by atoms with Crippen molar-refractivity contribution >= 4 is 29.0 Å². The number of hydrogen-bond acceptors (Lipinski definition) is 6. The van der Waals surface area contributed by atoms with Gasteiger partial charge in [0.2, 0.25) is 5.91 Å². The first kappa shape index (κ1) is 19.4. The van der Waals surface area contributed by atoms with Gasteiger partial charge < -0.3 is 4.74 Å². The van der Waals surface area contributed by atoms with Crippen LogP contribution < -0.4 is 0 Å². The van der Waals surface area contributed by atoms with Crippen molar-refractivity contribution in [1.82, 2.24) is 9.88 Å². The van der Waals surface area contributed by atoms with E-state index >= 15 is 0 Å². The van der Waals surface area contributed by atoms with E-state index < -0.39 is 12.0 Å². The van der Waals surface area contributed by atoms with Crippen LogP contribution in [-0.2, 0) is 14.3 Å². The lowest BCUT2D eigenvalue weighted by Crippen LogP contribution is -2.44. The van der Waals surface area contributed by atoms with Crippen LogP contribution in [0.1, 0.15) is 48.4 Å². The average Bonchev–Trinajstić information content (AvgIpc) is 3.22. The fourth-order valence-electron chi connectivity index (χ4n) is 3.78. The van der Waals surface area contributed by atoms with Crippen molar-refractivity contribution in [3.05, 3.63) is 63.0 Å². The van der Waals surface area contributed by atoms with E-state index in [4.69, 9.17) is 9.73 Å². The van der Waals surface area contributed by atoms with E-state index in [9.17, 15) is 14.0 Å². The summed E-state index contributed by atoms with van der Waals surface area (Å²) in [6.07, 6.45) is 3.23. The third-order valence-corrected chi connectivity index (χ3v) is 5.79. The highest BCUT2D eigenvalue weighted by Gasteiger charge is 2.41. The standard InChI is InChI=1S/C21H20FN3O3S/c1-3-28-21(27)17-15-5-4-6-16(26)25(15)19(20-23-9-10-29-20)24-18(17)14-8-7-13(22)11-12(14)2/h7-11,18H,3-6H2,1-2H3. The molecule has 3 heterocycles. The largest absolute Gasteiger partial charge is 0.463 e. The molecule has 1 fully saturated rings. The highest BCUT2D eigenvalue weighted by molar-refractivity contribution is 7.11. The average molecular weight is 413 g/mol. The quantitative estimate of drug-likeness (QED) is 0.712. The molecular weight excluding hydrogens is 393 g/mol. The van der Waals surface area contributed by atoms with Gasteiger partial charge >= 0.3 is 5.97 Å². The SMILES string of the molecule is CCOC(=O)C1=C2CCCC(=O)N2C(c2nccs2)=NC1c1ccc(F)cc1C. The number of hydrogen-bond donors (Lipinski definition) is 0. The molecule has 1 aromatic carbocycles. The molecule has 0 spiro atoms. The van der Waals surface area contributed by atoms with E-state index in [1.165, 1.54) is 28.4 Å². The van der Waals surface area contributed by atoms with Gasteiger partial charge in [0.05, 0.1) is 12.2 Å². The van der Waals surface area contributed by atoms with Crippen molar-refractivity contribution in [2.24, 2.45) is 4.99 Å². The number of thiazole rings is 1. The monoisotopic (exact) mass is 413 g/mol. The summed E-state index contributed by atoms with van der Waals surface area (Å²) in [7, 11) is 0. The Hall–Kier alpha value is -2.87. The molecule has 0 N–H and O–H groups in total. The van der Waals surface area contributed by atoms with Crippen molar-refractivity contribution in [2.45, 2.75) is 39.2 Å². The summed E-state index contributed by atoms with van der Waals surface area (Å²) in [5.41, 5.74) is 2.33. The van der Waals surface area contributed by atoms with Crippen LogP contribution in [0.2, 0.25) is 0 Å². The second kappa shape index (κ2) is 7.87. The topological polar surface area (TPSA) is 71.9 Å². The number of aromatic nitrogens is 1. The number of ether oxygens (including phenoxy) is 1. The zero-order valence-electron chi connectivity index (χ0n) is 16.1. The molecule has 1 unspecified atom stereocenters. The zero-order valence-corrected chi connectivity index (χ0v) is 17.0. The second-order valence-electron chi connectivity index (χ2n) is 6.86. The number of fused-ring (bicyclic) bond motifs is 1. The van der Waals surface area contributed by atoms with Crippen LogP contribution in [0.3, 0.4) is 0 Å². The van der Waals surface area contributed by atoms with Gasteiger partial charge in [0, 0.05) is 23.7 Å². The lowest BCUT2D eigenvalue weighted by Gasteiger charge is -2.37. The van der Waals surface area contributed by atoms with Crippen molar-refractivity contribution in [1.29, 1.82) is 0 Å². The van der Waals surface area contributed by atoms with E-state index in [1.54, 1.807) is 26.1 Å². The number of carbonyl (C=O) groups excluding carboxylic acids is 2. The first-order valence-electron chi connectivity index (χ1n) is 9.48. The molecule has 29 heavy (non-hydrogen) atoms. The number of rotatable bonds is 4. The number of esters is 1. The van der Waals surface area contributed by atoms with E-state index in [0.29, 0.717) is 52.5 Å². The Morgan fingerprint density at radius 2 is 2.21 bits per heavy atom. The van der Waals surface area contributed by atoms with Crippen LogP contribution in [0.25, 0.3) is 0 Å². The van der Waals surface area contributed by atoms with Gasteiger partial charge in [-0.05, 0) is 49.9 Å². The van der Waals surface area contributed by atoms with Gasteiger partial charge in [-0.3, -0.25) is 14.7 Å². The number of halogens is 1. The minimum atomic E-state index is -0.689. The van der Waals surface area contributed by atoms with Crippen molar-refractivity contribution in [3.63, 3.8) is 0 Å². The smallest absolute Gasteiger partial charge is 0.338 e. The van der Waals surface area contributed by atoms with Gasteiger partial charge in [0.15, 0.2) is 10.8 Å². The summed E-state index contributed by atoms with van der Waals surface area (Å²) in [6, 6.07) is 3.72. The third-order valence-electron chi connectivity index (χ3n) is 5.02. The molecular formula is C21H20FN3O3S. The van der Waals surface area contributed by atoms with Gasteiger partial charge in [-0.25, -0.2) is 14.2 Å². The number of allylic oxidation sites excluding steroid dienone is 1. The van der Waals surface area contributed by atoms with Crippen LogP contribution in [0, 0.1) is 12.7 Å². The van der Waals surface area contributed by atoms with Crippen LogP contribution >= 0.6 is 11.3 Å². The molecule has 0 radical (unpaired) electrons. The molecule has 0 saturated carbocycles. The molecule has 1 saturated heterocycles. The van der Waals surface area contributed by atoms with E-state index in [-0.39, 0.29) is 18.3 Å². The fraction of sp³-hybridized carbons (Fsp3) is 0.333. The molecule has 1 amide bonds. The van der Waals surface area contributed by atoms with Crippen LogP contribution in [0.4, 0.5) is 4.39 Å². The minimum absolute atomic E-state index is 0.115. The number of aryl methyl sites for hydroxylation is 1. The van der Waals surface area contributed by atoms with Gasteiger partial charge in [0.1, 0.15) is 11.9 Å². The van der Waals surface area contributed by atoms with Crippen LogP contribution in [0.15, 0.2) is 46.0 Å². The summed E-state index contributed by atoms with van der Waals surface area (Å²) in [5.74, 6) is -0.540. The number of piperidine rings is 1. The summed E-state index contributed by atoms with van der Waals surface area (Å²) in [5, 5.41) is 2.42. The van der Waals surface area contributed by atoms with Gasteiger partial charge in [0.25, 0.3) is 0 Å². The summed E-state index contributed by atoms with van der Waals surface area (Å²) in [6.45, 7) is 3.72. The first-order chi connectivity index (χ1) is 14.0. The number of carbonyl (C=O) groups is 2. The lowest BCUT2D eigenvalue weighted by atomic mass is 9.89.